The van der Waals surface area contributed by atoms with Crippen LogP contribution < -0.4 is 0 Å². The van der Waals surface area contributed by atoms with Gasteiger partial charge in [0.15, 0.2) is 6.10 Å². The minimum atomic E-state index is -0.598. The summed E-state index contributed by atoms with van der Waals surface area (Å²) in [5, 5.41) is 0. The second kappa shape index (κ2) is 49.7. The van der Waals surface area contributed by atoms with Crippen molar-refractivity contribution in [3.63, 3.8) is 0 Å². The van der Waals surface area contributed by atoms with Gasteiger partial charge in [-0.15, -0.1) is 0 Å². The van der Waals surface area contributed by atoms with Crippen LogP contribution in [0, 0.1) is 0 Å². The number of allylic oxidation sites excluding steroid dienone is 20. The van der Waals surface area contributed by atoms with Crippen molar-refractivity contribution in [3.05, 3.63) is 122 Å². The quantitative estimate of drug-likeness (QED) is 0.0348. The van der Waals surface area contributed by atoms with Crippen LogP contribution in [-0.2, 0) is 23.8 Å². The molecule has 60 heavy (non-hydrogen) atoms. The Morgan fingerprint density at radius 3 is 1.28 bits per heavy atom. The Kier molecular flexibility index (Phi) is 46.6. The predicted molar refractivity (Wildman–Crippen MR) is 260 cm³/mol. The van der Waals surface area contributed by atoms with Crippen LogP contribution >= 0.6 is 0 Å². The number of ether oxygens (including phenoxy) is 3. The Balaban J connectivity index is 4.43. The average molecular weight is 829 g/mol. The normalized spacial score (nSPS) is 13.3. The third-order valence-corrected chi connectivity index (χ3v) is 9.48. The van der Waals surface area contributed by atoms with Crippen molar-refractivity contribution < 1.29 is 23.8 Å². The van der Waals surface area contributed by atoms with Crippen LogP contribution in [-0.4, -0.2) is 37.9 Å². The summed E-state index contributed by atoms with van der Waals surface area (Å²) in [6.45, 7) is 7.41. The molecule has 0 fully saturated rings. The molecule has 0 saturated carbocycles. The number of hydrogen-bond donors (Lipinski definition) is 0. The fourth-order valence-electron chi connectivity index (χ4n) is 5.94. The molecule has 0 spiro atoms. The van der Waals surface area contributed by atoms with Gasteiger partial charge in [0.1, 0.15) is 6.61 Å². The lowest BCUT2D eigenvalue weighted by Crippen LogP contribution is -2.30. The molecular formula is C55H88O5. The largest absolute Gasteiger partial charge is 0.462 e. The van der Waals surface area contributed by atoms with E-state index in [4.69, 9.17) is 14.2 Å². The first-order valence-corrected chi connectivity index (χ1v) is 24.1. The van der Waals surface area contributed by atoms with Gasteiger partial charge in [0.25, 0.3) is 0 Å². The first kappa shape index (κ1) is 56.3. The van der Waals surface area contributed by atoms with Crippen molar-refractivity contribution >= 4 is 11.9 Å². The van der Waals surface area contributed by atoms with Crippen LogP contribution in [0.3, 0.4) is 0 Å². The molecule has 0 radical (unpaired) electrons. The third kappa shape index (κ3) is 47.0. The van der Waals surface area contributed by atoms with Gasteiger partial charge in [0, 0.05) is 19.4 Å². The highest BCUT2D eigenvalue weighted by molar-refractivity contribution is 5.70. The van der Waals surface area contributed by atoms with Gasteiger partial charge >= 0.3 is 11.9 Å². The summed E-state index contributed by atoms with van der Waals surface area (Å²) >= 11 is 0. The first-order chi connectivity index (χ1) is 29.6. The van der Waals surface area contributed by atoms with E-state index in [0.29, 0.717) is 19.4 Å². The maximum Gasteiger partial charge on any atom is 0.306 e. The molecule has 0 aliphatic heterocycles. The summed E-state index contributed by atoms with van der Waals surface area (Å²) in [5.41, 5.74) is 0. The van der Waals surface area contributed by atoms with Crippen LogP contribution in [0.15, 0.2) is 122 Å². The van der Waals surface area contributed by atoms with Crippen molar-refractivity contribution in [2.45, 2.75) is 194 Å². The molecular weight excluding hydrogens is 741 g/mol. The van der Waals surface area contributed by atoms with Crippen molar-refractivity contribution in [3.8, 4) is 0 Å². The van der Waals surface area contributed by atoms with Crippen LogP contribution in [0.2, 0.25) is 0 Å². The second-order valence-corrected chi connectivity index (χ2v) is 15.2. The van der Waals surface area contributed by atoms with E-state index in [2.05, 4.69) is 136 Å². The number of hydrogen-bond acceptors (Lipinski definition) is 5. The number of unbranched alkanes of at least 4 members (excludes halogenated alkanes) is 11. The van der Waals surface area contributed by atoms with Crippen LogP contribution in [0.1, 0.15) is 188 Å². The molecule has 0 bridgehead atoms. The number of esters is 2. The summed E-state index contributed by atoms with van der Waals surface area (Å²) < 4.78 is 17.2. The van der Waals surface area contributed by atoms with E-state index in [1.165, 1.54) is 51.4 Å². The fourth-order valence-corrected chi connectivity index (χ4v) is 5.94. The van der Waals surface area contributed by atoms with Crippen LogP contribution in [0.25, 0.3) is 0 Å². The minimum absolute atomic E-state index is 0.0292. The van der Waals surface area contributed by atoms with E-state index in [-0.39, 0.29) is 31.6 Å². The molecule has 5 heteroatoms. The highest BCUT2D eigenvalue weighted by Gasteiger charge is 2.17. The summed E-state index contributed by atoms with van der Waals surface area (Å²) in [7, 11) is 0. The predicted octanol–water partition coefficient (Wildman–Crippen LogP) is 16.2. The fraction of sp³-hybridized carbons (Fsp3) is 0.600. The van der Waals surface area contributed by atoms with Gasteiger partial charge in [-0.2, -0.15) is 0 Å². The third-order valence-electron chi connectivity index (χ3n) is 9.48. The van der Waals surface area contributed by atoms with E-state index in [9.17, 15) is 9.59 Å². The van der Waals surface area contributed by atoms with Crippen molar-refractivity contribution in [1.29, 1.82) is 0 Å². The SMILES string of the molecule is CC/C=C\C/C=C\C/C=C\C/C=C\C/C=C\CCCCCC(=O)OCC(COCCCCCCCC/C=C\CCCC)OC(=O)CC/C=C\C/C=C\C/C=C\C/C=C\CC. The van der Waals surface area contributed by atoms with Crippen LogP contribution in [0.4, 0.5) is 0 Å². The van der Waals surface area contributed by atoms with Gasteiger partial charge in [-0.3, -0.25) is 9.59 Å². The molecule has 0 N–H and O–H groups in total. The van der Waals surface area contributed by atoms with E-state index >= 15 is 0 Å². The van der Waals surface area contributed by atoms with Crippen molar-refractivity contribution in [2.75, 3.05) is 19.8 Å². The Morgan fingerprint density at radius 1 is 0.383 bits per heavy atom. The van der Waals surface area contributed by atoms with Gasteiger partial charge < -0.3 is 14.2 Å². The molecule has 0 heterocycles. The molecule has 0 saturated heterocycles. The maximum atomic E-state index is 12.7. The molecule has 0 rings (SSSR count). The first-order valence-electron chi connectivity index (χ1n) is 24.1. The topological polar surface area (TPSA) is 61.8 Å². The van der Waals surface area contributed by atoms with Gasteiger partial charge in [-0.05, 0) is 109 Å². The molecule has 1 unspecified atom stereocenters. The molecule has 1 atom stereocenters. The zero-order chi connectivity index (χ0) is 43.5. The summed E-state index contributed by atoms with van der Waals surface area (Å²) in [5.74, 6) is -0.542. The van der Waals surface area contributed by atoms with E-state index in [1.54, 1.807) is 0 Å². The molecule has 5 nitrogen and oxygen atoms in total. The molecule has 0 aromatic carbocycles. The molecule has 0 aromatic rings. The second-order valence-electron chi connectivity index (χ2n) is 15.2. The van der Waals surface area contributed by atoms with E-state index < -0.39 is 6.10 Å². The van der Waals surface area contributed by atoms with Crippen molar-refractivity contribution in [2.24, 2.45) is 0 Å². The minimum Gasteiger partial charge on any atom is -0.462 e. The molecule has 338 valence electrons. The van der Waals surface area contributed by atoms with Gasteiger partial charge in [-0.1, -0.05) is 187 Å². The summed E-state index contributed by atoms with van der Waals surface area (Å²) in [6, 6.07) is 0. The van der Waals surface area contributed by atoms with E-state index in [1.807, 2.05) is 6.08 Å². The van der Waals surface area contributed by atoms with Gasteiger partial charge in [0.05, 0.1) is 6.61 Å². The Labute approximate surface area is 369 Å². The number of rotatable bonds is 42. The molecule has 0 amide bonds. The summed E-state index contributed by atoms with van der Waals surface area (Å²) in [4.78, 5) is 25.3. The van der Waals surface area contributed by atoms with E-state index in [0.717, 1.165) is 96.3 Å². The van der Waals surface area contributed by atoms with Gasteiger partial charge in [-0.25, -0.2) is 0 Å². The Hall–Kier alpha value is -3.70. The maximum absolute atomic E-state index is 12.7. The lowest BCUT2D eigenvalue weighted by Gasteiger charge is -2.18. The standard InChI is InChI=1S/C55H88O5/c1-4-7-10-13-16-19-22-25-26-27-28-29-30-32-33-36-39-42-45-48-54(56)59-52-53(51-58-50-47-44-41-38-35-24-21-18-15-12-9-6-3)60-55(57)49-46-43-40-37-34-31-23-20-17-14-11-8-5-2/h7-8,10-11,15-20,25-26,28-29,31-34,40,43,53H,4-6,9,12-14,21-24,27,30,35-39,41-42,44-52H2,1-3H3/b10-7-,11-8-,18-15-,19-16-,20-17-,26-25-,29-28-,33-32-,34-31-,43-40-. The molecule has 0 aliphatic carbocycles. The summed E-state index contributed by atoms with van der Waals surface area (Å²) in [6.07, 6.45) is 69.3. The van der Waals surface area contributed by atoms with Crippen molar-refractivity contribution in [1.82, 2.24) is 0 Å². The molecule has 0 aromatic heterocycles. The smallest absolute Gasteiger partial charge is 0.306 e. The lowest BCUT2D eigenvalue weighted by molar-refractivity contribution is -0.162. The highest BCUT2D eigenvalue weighted by Crippen LogP contribution is 2.10. The average Bonchev–Trinajstić information content (AvgIpc) is 3.25. The molecule has 0 aliphatic rings. The van der Waals surface area contributed by atoms with Crippen LogP contribution in [0.5, 0.6) is 0 Å². The Bertz CT molecular complexity index is 1260. The Morgan fingerprint density at radius 2 is 0.783 bits per heavy atom. The van der Waals surface area contributed by atoms with Gasteiger partial charge in [0.2, 0.25) is 0 Å². The number of carbonyl (C=O) groups is 2. The lowest BCUT2D eigenvalue weighted by atomic mass is 10.1. The zero-order valence-corrected chi connectivity index (χ0v) is 38.7. The highest BCUT2D eigenvalue weighted by atomic mass is 16.6. The number of carbonyl (C=O) groups excluding carboxylic acids is 2. The monoisotopic (exact) mass is 829 g/mol. The zero-order valence-electron chi connectivity index (χ0n) is 38.7.